The molecule has 0 aromatic heterocycles. The van der Waals surface area contributed by atoms with E-state index >= 15 is 0 Å². The maximum atomic E-state index is 12.1. The van der Waals surface area contributed by atoms with E-state index in [1.807, 2.05) is 11.0 Å². The third-order valence-corrected chi connectivity index (χ3v) is 3.53. The van der Waals surface area contributed by atoms with Crippen LogP contribution in [0.3, 0.4) is 0 Å². The van der Waals surface area contributed by atoms with Crippen LogP contribution in [0.1, 0.15) is 32.1 Å². The molecule has 15 heavy (non-hydrogen) atoms. The molecule has 3 nitrogen and oxygen atoms in total. The van der Waals surface area contributed by atoms with Crippen molar-refractivity contribution in [1.82, 2.24) is 4.90 Å². The van der Waals surface area contributed by atoms with Crippen LogP contribution in [0, 0.1) is 5.92 Å². The third kappa shape index (κ3) is 2.23. The Labute approximate surface area is 91.3 Å². The lowest BCUT2D eigenvalue weighted by Gasteiger charge is -2.28. The lowest BCUT2D eigenvalue weighted by molar-refractivity contribution is -0.134. The smallest absolute Gasteiger partial charge is 0.227 e. The van der Waals surface area contributed by atoms with Crippen LogP contribution in [-0.2, 0) is 4.79 Å². The van der Waals surface area contributed by atoms with Crippen LogP contribution < -0.4 is 5.73 Å². The van der Waals surface area contributed by atoms with Gasteiger partial charge in [0.05, 0.1) is 5.92 Å². The molecule has 0 saturated heterocycles. The predicted molar refractivity (Wildman–Crippen MR) is 60.2 cm³/mol. The van der Waals surface area contributed by atoms with Gasteiger partial charge in [0, 0.05) is 18.6 Å². The average molecular weight is 208 g/mol. The minimum Gasteiger partial charge on any atom is -0.336 e. The topological polar surface area (TPSA) is 46.3 Å². The monoisotopic (exact) mass is 208 g/mol. The van der Waals surface area contributed by atoms with E-state index in [0.29, 0.717) is 12.6 Å². The lowest BCUT2D eigenvalue weighted by atomic mass is 10.2. The summed E-state index contributed by atoms with van der Waals surface area (Å²) in [5, 5.41) is 0. The molecule has 2 aliphatic rings. The van der Waals surface area contributed by atoms with Crippen LogP contribution >= 0.6 is 0 Å². The van der Waals surface area contributed by atoms with Gasteiger partial charge in [-0.15, -0.1) is 6.58 Å². The van der Waals surface area contributed by atoms with E-state index in [2.05, 4.69) is 6.58 Å². The molecule has 2 N–H and O–H groups in total. The second kappa shape index (κ2) is 4.35. The minimum absolute atomic E-state index is 0.102. The number of carbonyl (C=O) groups is 1. The number of rotatable bonds is 4. The summed E-state index contributed by atoms with van der Waals surface area (Å²) >= 11 is 0. The summed E-state index contributed by atoms with van der Waals surface area (Å²) in [6, 6.07) is 0.564. The molecule has 84 valence electrons. The highest BCUT2D eigenvalue weighted by Gasteiger charge is 2.43. The van der Waals surface area contributed by atoms with Crippen molar-refractivity contribution in [2.45, 2.75) is 44.2 Å². The number of amides is 1. The Kier molecular flexibility index (Phi) is 3.10. The first kappa shape index (κ1) is 10.7. The van der Waals surface area contributed by atoms with Gasteiger partial charge in [0.2, 0.25) is 5.91 Å². The molecule has 2 unspecified atom stereocenters. The van der Waals surface area contributed by atoms with Crippen molar-refractivity contribution in [3.63, 3.8) is 0 Å². The summed E-state index contributed by atoms with van der Waals surface area (Å²) in [6.07, 6.45) is 7.51. The standard InChI is InChI=1S/C12H20N2O/c1-2-7-14(9-5-3-4-6-9)12(15)10-8-11(10)13/h2,9-11H,1,3-8,13H2. The maximum absolute atomic E-state index is 12.1. The van der Waals surface area contributed by atoms with Crippen molar-refractivity contribution >= 4 is 5.91 Å². The fraction of sp³-hybridized carbons (Fsp3) is 0.750. The molecule has 1 amide bonds. The molecular formula is C12H20N2O. The molecule has 0 spiro atoms. The SMILES string of the molecule is C=CCN(C(=O)C1CC1N)C1CCCC1. The summed E-state index contributed by atoms with van der Waals surface area (Å²) < 4.78 is 0. The zero-order valence-corrected chi connectivity index (χ0v) is 9.19. The molecule has 0 bridgehead atoms. The molecule has 2 atom stereocenters. The molecule has 2 fully saturated rings. The van der Waals surface area contributed by atoms with Gasteiger partial charge in [-0.3, -0.25) is 4.79 Å². The van der Waals surface area contributed by atoms with Crippen molar-refractivity contribution < 1.29 is 4.79 Å². The minimum atomic E-state index is 0.102. The van der Waals surface area contributed by atoms with E-state index in [-0.39, 0.29) is 17.9 Å². The van der Waals surface area contributed by atoms with Crippen LogP contribution in [0.5, 0.6) is 0 Å². The number of carbonyl (C=O) groups excluding carboxylic acids is 1. The second-order valence-electron chi connectivity index (χ2n) is 4.72. The fourth-order valence-corrected chi connectivity index (χ4v) is 2.49. The summed E-state index contributed by atoms with van der Waals surface area (Å²) in [5.74, 6) is 0.361. The van der Waals surface area contributed by atoms with E-state index < -0.39 is 0 Å². The zero-order chi connectivity index (χ0) is 10.8. The third-order valence-electron chi connectivity index (χ3n) is 3.53. The summed E-state index contributed by atoms with van der Waals surface area (Å²) in [4.78, 5) is 14.1. The largest absolute Gasteiger partial charge is 0.336 e. The molecule has 0 heterocycles. The zero-order valence-electron chi connectivity index (χ0n) is 9.19. The summed E-state index contributed by atoms with van der Waals surface area (Å²) in [5.41, 5.74) is 5.73. The van der Waals surface area contributed by atoms with E-state index in [4.69, 9.17) is 5.73 Å². The lowest BCUT2D eigenvalue weighted by Crippen LogP contribution is -2.40. The first-order chi connectivity index (χ1) is 7.24. The predicted octanol–water partition coefficient (Wildman–Crippen LogP) is 1.29. The molecule has 0 aromatic rings. The van der Waals surface area contributed by atoms with Crippen LogP contribution in [0.15, 0.2) is 12.7 Å². The summed E-state index contributed by atoms with van der Waals surface area (Å²) in [7, 11) is 0. The molecule has 0 aliphatic heterocycles. The van der Waals surface area contributed by atoms with Gasteiger partial charge in [-0.25, -0.2) is 0 Å². The van der Waals surface area contributed by atoms with Gasteiger partial charge in [-0.2, -0.15) is 0 Å². The Balaban J connectivity index is 1.98. The van der Waals surface area contributed by atoms with E-state index in [0.717, 1.165) is 19.3 Å². The first-order valence-electron chi connectivity index (χ1n) is 5.91. The normalized spacial score (nSPS) is 30.2. The Morgan fingerprint density at radius 1 is 1.47 bits per heavy atom. The molecule has 2 aliphatic carbocycles. The Hall–Kier alpha value is -0.830. The van der Waals surface area contributed by atoms with Crippen molar-refractivity contribution in [3.8, 4) is 0 Å². The van der Waals surface area contributed by atoms with Crippen LogP contribution in [-0.4, -0.2) is 29.4 Å². The summed E-state index contributed by atoms with van der Waals surface area (Å²) in [6.45, 7) is 4.42. The van der Waals surface area contributed by atoms with E-state index in [1.165, 1.54) is 12.8 Å². The Bertz CT molecular complexity index is 258. The molecule has 0 aromatic carbocycles. The maximum Gasteiger partial charge on any atom is 0.227 e. The Morgan fingerprint density at radius 2 is 2.07 bits per heavy atom. The highest BCUT2D eigenvalue weighted by atomic mass is 16.2. The number of hydrogen-bond acceptors (Lipinski definition) is 2. The van der Waals surface area contributed by atoms with E-state index in [1.54, 1.807) is 0 Å². The average Bonchev–Trinajstić information content (AvgIpc) is 2.76. The van der Waals surface area contributed by atoms with Gasteiger partial charge in [0.25, 0.3) is 0 Å². The van der Waals surface area contributed by atoms with Crippen molar-refractivity contribution in [2.75, 3.05) is 6.54 Å². The quantitative estimate of drug-likeness (QED) is 0.708. The highest BCUT2D eigenvalue weighted by Crippen LogP contribution is 2.33. The highest BCUT2D eigenvalue weighted by molar-refractivity contribution is 5.82. The van der Waals surface area contributed by atoms with Crippen molar-refractivity contribution in [2.24, 2.45) is 11.7 Å². The fourth-order valence-electron chi connectivity index (χ4n) is 2.49. The van der Waals surface area contributed by atoms with Gasteiger partial charge < -0.3 is 10.6 Å². The van der Waals surface area contributed by atoms with Crippen LogP contribution in [0.4, 0.5) is 0 Å². The van der Waals surface area contributed by atoms with E-state index in [9.17, 15) is 4.79 Å². The van der Waals surface area contributed by atoms with Gasteiger partial charge in [0.15, 0.2) is 0 Å². The molecule has 2 rings (SSSR count). The number of nitrogens with two attached hydrogens (primary N) is 1. The molecule has 3 heteroatoms. The van der Waals surface area contributed by atoms with Crippen molar-refractivity contribution in [1.29, 1.82) is 0 Å². The molecule has 0 radical (unpaired) electrons. The van der Waals surface area contributed by atoms with Crippen molar-refractivity contribution in [3.05, 3.63) is 12.7 Å². The van der Waals surface area contributed by atoms with Gasteiger partial charge in [0.1, 0.15) is 0 Å². The van der Waals surface area contributed by atoms with Gasteiger partial charge in [-0.05, 0) is 19.3 Å². The van der Waals surface area contributed by atoms with Gasteiger partial charge >= 0.3 is 0 Å². The first-order valence-corrected chi connectivity index (χ1v) is 5.91. The molecule has 2 saturated carbocycles. The second-order valence-corrected chi connectivity index (χ2v) is 4.72. The number of hydrogen-bond donors (Lipinski definition) is 1. The van der Waals surface area contributed by atoms with Gasteiger partial charge in [-0.1, -0.05) is 18.9 Å². The van der Waals surface area contributed by atoms with Crippen LogP contribution in [0.2, 0.25) is 0 Å². The van der Waals surface area contributed by atoms with Crippen LogP contribution in [0.25, 0.3) is 0 Å². The number of nitrogens with zero attached hydrogens (tertiary/aromatic N) is 1. The molecular weight excluding hydrogens is 188 g/mol. The Morgan fingerprint density at radius 3 is 2.53 bits per heavy atom.